The van der Waals surface area contributed by atoms with E-state index in [2.05, 4.69) is 45.5 Å². The van der Waals surface area contributed by atoms with Gasteiger partial charge in [-0.1, -0.05) is 17.5 Å². The Morgan fingerprint density at radius 1 is 1.04 bits per heavy atom. The second kappa shape index (κ2) is 8.02. The van der Waals surface area contributed by atoms with Gasteiger partial charge in [-0.15, -0.1) is 47.2 Å². The molecule has 125 valence electrons. The standard InChI is InChI=1S/C10H7.C9H12N5.Y/c1-2-6-10-8-4-3-7-9(10)5-1;1-9(2,3)14-8-6(4-13-14)7(10)11-5-12-8;/h1-7H;5H,1-3H3,(H2,10,11,12);/q2*-1;. The van der Waals surface area contributed by atoms with E-state index >= 15 is 0 Å². The minimum absolute atomic E-state index is 0. The molecular weight excluding hydrogens is 387 g/mol. The topological polar surface area (TPSA) is 69.6 Å². The summed E-state index contributed by atoms with van der Waals surface area (Å²) in [6, 6.07) is 17.4. The van der Waals surface area contributed by atoms with Gasteiger partial charge in [-0.05, 0) is 27.0 Å². The normalized spacial score (nSPS) is 10.8. The van der Waals surface area contributed by atoms with Crippen molar-refractivity contribution in [2.75, 3.05) is 5.73 Å². The fraction of sp³-hybridized carbons (Fsp3) is 0.211. The van der Waals surface area contributed by atoms with Gasteiger partial charge in [-0.2, -0.15) is 0 Å². The number of hydrogen-bond acceptors (Lipinski definition) is 4. The molecule has 0 spiro atoms. The van der Waals surface area contributed by atoms with Gasteiger partial charge < -0.3 is 10.4 Å². The summed E-state index contributed by atoms with van der Waals surface area (Å²) in [6.07, 6.45) is 4.27. The van der Waals surface area contributed by atoms with Crippen LogP contribution in [0.3, 0.4) is 0 Å². The molecule has 0 unspecified atom stereocenters. The molecule has 2 heterocycles. The molecule has 0 aliphatic rings. The van der Waals surface area contributed by atoms with Crippen LogP contribution >= 0.6 is 0 Å². The second-order valence-corrected chi connectivity index (χ2v) is 6.41. The van der Waals surface area contributed by atoms with Crippen LogP contribution in [0.15, 0.2) is 48.8 Å². The third-order valence-corrected chi connectivity index (χ3v) is 3.53. The Morgan fingerprint density at radius 3 is 2.48 bits per heavy atom. The van der Waals surface area contributed by atoms with Gasteiger partial charge in [0.2, 0.25) is 0 Å². The number of hydrogen-bond donors (Lipinski definition) is 1. The van der Waals surface area contributed by atoms with E-state index < -0.39 is 0 Å². The Morgan fingerprint density at radius 2 is 1.76 bits per heavy atom. The molecule has 4 rings (SSSR count). The van der Waals surface area contributed by atoms with Crippen LogP contribution in [0.4, 0.5) is 5.82 Å². The number of anilines is 1. The van der Waals surface area contributed by atoms with Gasteiger partial charge in [-0.3, -0.25) is 15.1 Å². The van der Waals surface area contributed by atoms with Gasteiger partial charge in [0, 0.05) is 49.7 Å². The summed E-state index contributed by atoms with van der Waals surface area (Å²) >= 11 is 0. The maximum Gasteiger partial charge on any atom is 0.0918 e. The molecule has 0 saturated heterocycles. The van der Waals surface area contributed by atoms with Gasteiger partial charge in [0.15, 0.2) is 0 Å². The van der Waals surface area contributed by atoms with E-state index in [1.165, 1.54) is 17.1 Å². The van der Waals surface area contributed by atoms with Crippen LogP contribution in [-0.2, 0) is 38.2 Å². The number of nitrogens with two attached hydrogens (primary N) is 1. The number of benzene rings is 2. The fourth-order valence-electron chi connectivity index (χ4n) is 2.34. The van der Waals surface area contributed by atoms with Crippen LogP contribution in [0, 0.1) is 12.3 Å². The zero-order valence-electron chi connectivity index (χ0n) is 14.6. The third kappa shape index (κ3) is 4.41. The molecule has 0 bridgehead atoms. The summed E-state index contributed by atoms with van der Waals surface area (Å²) < 4.78 is 1.79. The first-order chi connectivity index (χ1) is 11.5. The van der Waals surface area contributed by atoms with Crippen molar-refractivity contribution in [3.63, 3.8) is 0 Å². The van der Waals surface area contributed by atoms with E-state index in [0.717, 1.165) is 5.65 Å². The first-order valence-corrected chi connectivity index (χ1v) is 7.69. The molecule has 2 N–H and O–H groups in total. The van der Waals surface area contributed by atoms with Gasteiger partial charge in [0.25, 0.3) is 0 Å². The van der Waals surface area contributed by atoms with E-state index in [-0.39, 0.29) is 38.2 Å². The van der Waals surface area contributed by atoms with Gasteiger partial charge >= 0.3 is 0 Å². The third-order valence-electron chi connectivity index (χ3n) is 3.53. The minimum atomic E-state index is -0.126. The number of rotatable bonds is 0. The predicted octanol–water partition coefficient (Wildman–Crippen LogP) is 3.60. The SMILES string of the molecule is CC(C)(C)n1n[c-]c2c(N)ncnc21.[Y].[c-]1cccc2ccccc12. The monoisotopic (exact) mass is 406 g/mol. The van der Waals surface area contributed by atoms with Crippen molar-refractivity contribution in [1.82, 2.24) is 19.7 Å². The summed E-state index contributed by atoms with van der Waals surface area (Å²) in [4.78, 5) is 8.03. The van der Waals surface area contributed by atoms with Crippen LogP contribution < -0.4 is 5.73 Å². The smallest absolute Gasteiger partial charge is 0.0918 e. The predicted molar refractivity (Wildman–Crippen MR) is 96.4 cm³/mol. The van der Waals surface area contributed by atoms with Crippen LogP contribution in [0.1, 0.15) is 20.8 Å². The Kier molecular flexibility index (Phi) is 6.25. The van der Waals surface area contributed by atoms with Crippen LogP contribution in [0.25, 0.3) is 21.8 Å². The number of nitrogen functional groups attached to an aromatic ring is 1. The molecule has 0 saturated carbocycles. The molecule has 5 nitrogen and oxygen atoms in total. The molecule has 0 fully saturated rings. The average molecular weight is 406 g/mol. The zero-order chi connectivity index (χ0) is 17.2. The summed E-state index contributed by atoms with van der Waals surface area (Å²) in [5.41, 5.74) is 6.28. The zero-order valence-corrected chi connectivity index (χ0v) is 17.4. The summed E-state index contributed by atoms with van der Waals surface area (Å²) in [5, 5.41) is 7.26. The number of nitrogens with zero attached hydrogens (tertiary/aromatic N) is 4. The summed E-state index contributed by atoms with van der Waals surface area (Å²) in [7, 11) is 0. The first-order valence-electron chi connectivity index (χ1n) is 7.69. The van der Waals surface area contributed by atoms with E-state index in [9.17, 15) is 0 Å². The van der Waals surface area contributed by atoms with E-state index in [1.807, 2.05) is 45.0 Å². The maximum atomic E-state index is 5.68. The molecule has 6 heteroatoms. The number of fused-ring (bicyclic) bond motifs is 2. The van der Waals surface area contributed by atoms with Crippen LogP contribution in [0.2, 0.25) is 0 Å². The van der Waals surface area contributed by atoms with E-state index in [1.54, 1.807) is 4.68 Å². The molecule has 25 heavy (non-hydrogen) atoms. The van der Waals surface area contributed by atoms with E-state index in [4.69, 9.17) is 5.73 Å². The Balaban J connectivity index is 0.000000182. The van der Waals surface area contributed by atoms with Crippen molar-refractivity contribution >= 4 is 27.6 Å². The molecule has 1 radical (unpaired) electrons. The molecule has 2 aromatic carbocycles. The average Bonchev–Trinajstić information content (AvgIpc) is 3.01. The van der Waals surface area contributed by atoms with Crippen molar-refractivity contribution in [1.29, 1.82) is 0 Å². The van der Waals surface area contributed by atoms with Crippen molar-refractivity contribution in [2.45, 2.75) is 26.3 Å². The summed E-state index contributed by atoms with van der Waals surface area (Å²) in [5.74, 6) is 0.422. The Labute approximate surface area is 172 Å². The minimum Gasteiger partial charge on any atom is -0.434 e. The Bertz CT molecular complexity index is 907. The fourth-order valence-corrected chi connectivity index (χ4v) is 2.34. The van der Waals surface area contributed by atoms with Crippen LogP contribution in [-0.4, -0.2) is 19.7 Å². The quantitative estimate of drug-likeness (QED) is 0.453. The Hall–Kier alpha value is -1.85. The van der Waals surface area contributed by atoms with Gasteiger partial charge in [-0.25, -0.2) is 0 Å². The van der Waals surface area contributed by atoms with Crippen molar-refractivity contribution < 1.29 is 32.7 Å². The summed E-state index contributed by atoms with van der Waals surface area (Å²) in [6.45, 7) is 6.14. The van der Waals surface area contributed by atoms with Crippen molar-refractivity contribution in [3.05, 3.63) is 61.1 Å². The molecule has 2 aromatic heterocycles. The molecular formula is C19H19N5Y-2. The second-order valence-electron chi connectivity index (χ2n) is 6.41. The molecule has 0 amide bonds. The maximum absolute atomic E-state index is 5.68. The van der Waals surface area contributed by atoms with E-state index in [0.29, 0.717) is 11.2 Å². The molecule has 0 atom stereocenters. The van der Waals surface area contributed by atoms with Gasteiger partial charge in [0.05, 0.1) is 6.33 Å². The first kappa shape index (κ1) is 19.5. The van der Waals surface area contributed by atoms with Crippen molar-refractivity contribution in [2.24, 2.45) is 0 Å². The molecule has 0 aliphatic heterocycles. The van der Waals surface area contributed by atoms with Crippen molar-refractivity contribution in [3.8, 4) is 0 Å². The molecule has 0 aliphatic carbocycles. The molecule has 4 aromatic rings. The number of aromatic nitrogens is 4. The van der Waals surface area contributed by atoms with Gasteiger partial charge in [0.1, 0.15) is 0 Å². The largest absolute Gasteiger partial charge is 0.434 e. The van der Waals surface area contributed by atoms with Crippen LogP contribution in [0.5, 0.6) is 0 Å².